The van der Waals surface area contributed by atoms with E-state index in [9.17, 15) is 0 Å². The van der Waals surface area contributed by atoms with Gasteiger partial charge in [0.2, 0.25) is 0 Å². The van der Waals surface area contributed by atoms with E-state index in [1.807, 2.05) is 11.3 Å². The molecule has 0 atom stereocenters. The normalized spacial score (nSPS) is 11.8. The predicted octanol–water partition coefficient (Wildman–Crippen LogP) is 16.1. The highest BCUT2D eigenvalue weighted by Gasteiger charge is 2.19. The zero-order valence-corrected chi connectivity index (χ0v) is 32.4. The van der Waals surface area contributed by atoms with E-state index >= 15 is 0 Å². The highest BCUT2D eigenvalue weighted by Crippen LogP contribution is 2.45. The van der Waals surface area contributed by atoms with Crippen LogP contribution in [0, 0.1) is 0 Å². The van der Waals surface area contributed by atoms with E-state index in [0.717, 1.165) is 5.69 Å². The summed E-state index contributed by atoms with van der Waals surface area (Å²) in [6, 6.07) is 78.1. The number of hydrogen-bond acceptors (Lipinski definition) is 1. The van der Waals surface area contributed by atoms with Gasteiger partial charge in [0, 0.05) is 36.6 Å². The van der Waals surface area contributed by atoms with E-state index in [4.69, 9.17) is 0 Å². The van der Waals surface area contributed by atoms with Crippen LogP contribution in [0.2, 0.25) is 0 Å². The largest absolute Gasteiger partial charge is 0.309 e. The fraction of sp³-hybridized carbons (Fsp3) is 0. The standard InChI is InChI=1S/C56H35NS/c1-2-13-36(14-3-1)37-25-27-38(28-26-37)54-45-17-4-6-19-47(45)55(48-20-7-5-18-46(48)54)39-29-32-41(33-30-39)57-51-23-10-8-15-43(51)50-35-40(31-34-52(50)57)42-21-12-22-49-44-16-9-11-24-53(44)58-56(42)49/h1-35H. The zero-order valence-electron chi connectivity index (χ0n) is 31.6. The van der Waals surface area contributed by atoms with Crippen molar-refractivity contribution in [3.8, 4) is 50.2 Å². The van der Waals surface area contributed by atoms with E-state index in [2.05, 4.69) is 217 Å². The Kier molecular flexibility index (Phi) is 7.47. The SMILES string of the molecule is c1ccc(-c2ccc(-c3c4ccccc4c(-c4ccc(-n5c6ccccc6c6cc(-c7cccc8c7sc7ccccc78)ccc65)cc4)c4ccccc34)cc2)cc1. The van der Waals surface area contributed by atoms with Crippen LogP contribution in [0.5, 0.6) is 0 Å². The van der Waals surface area contributed by atoms with Gasteiger partial charge < -0.3 is 4.57 Å². The van der Waals surface area contributed by atoms with Crippen LogP contribution in [0.4, 0.5) is 0 Å². The summed E-state index contributed by atoms with van der Waals surface area (Å²) in [6.07, 6.45) is 0. The molecule has 0 saturated heterocycles. The van der Waals surface area contributed by atoms with E-state index in [1.165, 1.54) is 108 Å². The summed E-state index contributed by atoms with van der Waals surface area (Å²) in [5.41, 5.74) is 13.5. The van der Waals surface area contributed by atoms with Crippen molar-refractivity contribution in [2.24, 2.45) is 0 Å². The Labute approximate surface area is 340 Å². The van der Waals surface area contributed by atoms with E-state index in [-0.39, 0.29) is 0 Å². The van der Waals surface area contributed by atoms with E-state index in [0.29, 0.717) is 0 Å². The average Bonchev–Trinajstić information content (AvgIpc) is 3.84. The lowest BCUT2D eigenvalue weighted by molar-refractivity contribution is 1.18. The topological polar surface area (TPSA) is 4.93 Å². The van der Waals surface area contributed by atoms with Gasteiger partial charge in [-0.2, -0.15) is 0 Å². The van der Waals surface area contributed by atoms with Crippen molar-refractivity contribution in [1.82, 2.24) is 4.57 Å². The van der Waals surface area contributed by atoms with Gasteiger partial charge in [0.1, 0.15) is 0 Å². The number of fused-ring (bicyclic) bond motifs is 8. The van der Waals surface area contributed by atoms with Gasteiger partial charge in [0.05, 0.1) is 11.0 Å². The maximum absolute atomic E-state index is 2.43. The molecule has 0 amide bonds. The van der Waals surface area contributed by atoms with Crippen LogP contribution in [0.3, 0.4) is 0 Å². The van der Waals surface area contributed by atoms with Gasteiger partial charge in [-0.05, 0) is 102 Å². The highest BCUT2D eigenvalue weighted by molar-refractivity contribution is 7.26. The molecule has 0 bridgehead atoms. The third-order valence-corrected chi connectivity index (χ3v) is 13.2. The summed E-state index contributed by atoms with van der Waals surface area (Å²) in [4.78, 5) is 0. The lowest BCUT2D eigenvalue weighted by Crippen LogP contribution is -1.95. The Morgan fingerprint density at radius 3 is 1.45 bits per heavy atom. The molecule has 12 aromatic rings. The number of nitrogens with zero attached hydrogens (tertiary/aromatic N) is 1. The molecule has 2 aromatic heterocycles. The minimum Gasteiger partial charge on any atom is -0.309 e. The molecule has 0 fully saturated rings. The molecule has 1 nitrogen and oxygen atoms in total. The smallest absolute Gasteiger partial charge is 0.0541 e. The molecule has 0 aliphatic heterocycles. The molecule has 10 aromatic carbocycles. The molecule has 0 spiro atoms. The molecule has 0 aliphatic carbocycles. The van der Waals surface area contributed by atoms with E-state index < -0.39 is 0 Å². The number of hydrogen-bond donors (Lipinski definition) is 0. The molecular formula is C56H35NS. The second kappa shape index (κ2) is 13.2. The van der Waals surface area contributed by atoms with Gasteiger partial charge in [-0.3, -0.25) is 0 Å². The number of benzene rings is 10. The van der Waals surface area contributed by atoms with Crippen LogP contribution in [-0.4, -0.2) is 4.57 Å². The first kappa shape index (κ1) is 32.9. The van der Waals surface area contributed by atoms with Gasteiger partial charge in [-0.15, -0.1) is 11.3 Å². The maximum atomic E-state index is 2.43. The summed E-state index contributed by atoms with van der Waals surface area (Å²) in [6.45, 7) is 0. The summed E-state index contributed by atoms with van der Waals surface area (Å²) < 4.78 is 5.10. The number of thiophene rings is 1. The van der Waals surface area contributed by atoms with Crippen molar-refractivity contribution in [2.75, 3.05) is 0 Å². The fourth-order valence-corrected chi connectivity index (χ4v) is 10.6. The number of rotatable bonds is 5. The molecule has 0 aliphatic rings. The zero-order chi connectivity index (χ0) is 38.2. The third kappa shape index (κ3) is 5.09. The molecule has 58 heavy (non-hydrogen) atoms. The molecule has 12 rings (SSSR count). The Morgan fingerprint density at radius 2 is 0.776 bits per heavy atom. The molecule has 2 heteroatoms. The third-order valence-electron chi connectivity index (χ3n) is 12.0. The lowest BCUT2D eigenvalue weighted by atomic mass is 9.85. The van der Waals surface area contributed by atoms with Crippen LogP contribution < -0.4 is 0 Å². The predicted molar refractivity (Wildman–Crippen MR) is 250 cm³/mol. The van der Waals surface area contributed by atoms with Gasteiger partial charge in [-0.25, -0.2) is 0 Å². The van der Waals surface area contributed by atoms with Crippen LogP contribution >= 0.6 is 11.3 Å². The molecule has 0 N–H and O–H groups in total. The minimum atomic E-state index is 1.15. The first-order valence-corrected chi connectivity index (χ1v) is 20.7. The summed E-state index contributed by atoms with van der Waals surface area (Å²) in [7, 11) is 0. The lowest BCUT2D eigenvalue weighted by Gasteiger charge is -2.18. The first-order chi connectivity index (χ1) is 28.8. The number of aromatic nitrogens is 1. The van der Waals surface area contributed by atoms with Crippen molar-refractivity contribution < 1.29 is 0 Å². The van der Waals surface area contributed by atoms with Crippen LogP contribution in [0.25, 0.3) is 114 Å². The molecule has 0 unspecified atom stereocenters. The molecule has 2 heterocycles. The fourth-order valence-electron chi connectivity index (χ4n) is 9.38. The Morgan fingerprint density at radius 1 is 0.293 bits per heavy atom. The van der Waals surface area contributed by atoms with Crippen molar-refractivity contribution in [3.05, 3.63) is 212 Å². The van der Waals surface area contributed by atoms with Crippen LogP contribution in [0.1, 0.15) is 0 Å². The van der Waals surface area contributed by atoms with Gasteiger partial charge in [0.15, 0.2) is 0 Å². The van der Waals surface area contributed by atoms with Crippen molar-refractivity contribution in [1.29, 1.82) is 0 Å². The number of para-hydroxylation sites is 1. The Hall–Kier alpha value is -7.26. The summed E-state index contributed by atoms with van der Waals surface area (Å²) in [5.74, 6) is 0. The molecule has 270 valence electrons. The van der Waals surface area contributed by atoms with Crippen molar-refractivity contribution >= 4 is 74.9 Å². The average molecular weight is 754 g/mol. The van der Waals surface area contributed by atoms with Crippen molar-refractivity contribution in [2.45, 2.75) is 0 Å². The van der Waals surface area contributed by atoms with Crippen molar-refractivity contribution in [3.63, 3.8) is 0 Å². The minimum absolute atomic E-state index is 1.15. The highest BCUT2D eigenvalue weighted by atomic mass is 32.1. The molecule has 0 saturated carbocycles. The van der Waals surface area contributed by atoms with E-state index in [1.54, 1.807) is 0 Å². The molecular weight excluding hydrogens is 719 g/mol. The van der Waals surface area contributed by atoms with Crippen LogP contribution in [-0.2, 0) is 0 Å². The Bertz CT molecular complexity index is 3480. The summed E-state index contributed by atoms with van der Waals surface area (Å²) >= 11 is 1.89. The van der Waals surface area contributed by atoms with Crippen LogP contribution in [0.15, 0.2) is 212 Å². The van der Waals surface area contributed by atoms with Gasteiger partial charge >= 0.3 is 0 Å². The molecule has 0 radical (unpaired) electrons. The first-order valence-electron chi connectivity index (χ1n) is 19.9. The maximum Gasteiger partial charge on any atom is 0.0541 e. The summed E-state index contributed by atoms with van der Waals surface area (Å²) in [5, 5.41) is 10.2. The second-order valence-electron chi connectivity index (χ2n) is 15.2. The van der Waals surface area contributed by atoms with Gasteiger partial charge in [0.25, 0.3) is 0 Å². The second-order valence-corrected chi connectivity index (χ2v) is 16.2. The quantitative estimate of drug-likeness (QED) is 0.154. The monoisotopic (exact) mass is 753 g/mol. The Balaban J connectivity index is 0.987. The van der Waals surface area contributed by atoms with Gasteiger partial charge in [-0.1, -0.05) is 176 Å².